The Morgan fingerprint density at radius 2 is 1.84 bits per heavy atom. The summed E-state index contributed by atoms with van der Waals surface area (Å²) in [6.07, 6.45) is 0. The molecule has 0 aliphatic carbocycles. The van der Waals surface area contributed by atoms with Gasteiger partial charge in [-0.1, -0.05) is 15.9 Å². The van der Waals surface area contributed by atoms with Crippen molar-refractivity contribution in [3.63, 3.8) is 0 Å². The van der Waals surface area contributed by atoms with E-state index in [1.807, 2.05) is 0 Å². The molecule has 0 amide bonds. The van der Waals surface area contributed by atoms with E-state index in [4.69, 9.17) is 15.9 Å². The number of nitrogen functional groups attached to an aromatic ring is 1. The monoisotopic (exact) mass is 326 g/mol. The van der Waals surface area contributed by atoms with Crippen molar-refractivity contribution < 1.29 is 13.5 Å². The van der Waals surface area contributed by atoms with Crippen molar-refractivity contribution in [3.05, 3.63) is 58.1 Å². The molecule has 2 aromatic rings. The van der Waals surface area contributed by atoms with Crippen molar-refractivity contribution in [2.75, 3.05) is 0 Å². The minimum atomic E-state index is -1.00. The van der Waals surface area contributed by atoms with Crippen LogP contribution < -0.4 is 10.5 Å². The average molecular weight is 327 g/mol. The van der Waals surface area contributed by atoms with Gasteiger partial charge in [0.2, 0.25) is 0 Å². The van der Waals surface area contributed by atoms with Crippen molar-refractivity contribution >= 4 is 21.8 Å². The molecule has 0 unspecified atom stereocenters. The highest BCUT2D eigenvalue weighted by molar-refractivity contribution is 9.10. The van der Waals surface area contributed by atoms with E-state index in [-0.39, 0.29) is 17.3 Å². The summed E-state index contributed by atoms with van der Waals surface area (Å²) in [7, 11) is 0. The molecule has 0 aliphatic rings. The molecule has 3 N–H and O–H groups in total. The van der Waals surface area contributed by atoms with Gasteiger partial charge in [-0.3, -0.25) is 5.41 Å². The third-order valence-corrected chi connectivity index (χ3v) is 2.85. The summed E-state index contributed by atoms with van der Waals surface area (Å²) < 4.78 is 32.1. The molecule has 2 rings (SSSR count). The van der Waals surface area contributed by atoms with Gasteiger partial charge in [0, 0.05) is 10.5 Å². The second-order valence-electron chi connectivity index (χ2n) is 3.73. The lowest BCUT2D eigenvalue weighted by atomic mass is 10.2. The number of nitrogens with one attached hydrogen (secondary N) is 1. The van der Waals surface area contributed by atoms with Crippen LogP contribution in [0.4, 0.5) is 8.78 Å². The van der Waals surface area contributed by atoms with Gasteiger partial charge < -0.3 is 10.5 Å². The second-order valence-corrected chi connectivity index (χ2v) is 4.65. The molecule has 3 nitrogen and oxygen atoms in total. The quantitative estimate of drug-likeness (QED) is 0.665. The van der Waals surface area contributed by atoms with E-state index in [1.165, 1.54) is 6.07 Å². The van der Waals surface area contributed by atoms with Gasteiger partial charge in [0.25, 0.3) is 0 Å². The van der Waals surface area contributed by atoms with Crippen LogP contribution in [0.3, 0.4) is 0 Å². The molecule has 6 heteroatoms. The maximum atomic E-state index is 13.1. The summed E-state index contributed by atoms with van der Waals surface area (Å²) in [5.74, 6) is -1.72. The smallest absolute Gasteiger partial charge is 0.162 e. The van der Waals surface area contributed by atoms with Crippen LogP contribution in [0.1, 0.15) is 5.56 Å². The third kappa shape index (κ3) is 3.08. The minimum Gasteiger partial charge on any atom is -0.456 e. The summed E-state index contributed by atoms with van der Waals surface area (Å²) in [4.78, 5) is 0. The number of hydrogen-bond donors (Lipinski definition) is 2. The second kappa shape index (κ2) is 5.36. The van der Waals surface area contributed by atoms with Crippen molar-refractivity contribution in [1.82, 2.24) is 0 Å². The van der Waals surface area contributed by atoms with E-state index in [9.17, 15) is 8.78 Å². The first kappa shape index (κ1) is 13.5. The molecular weight excluding hydrogens is 318 g/mol. The molecule has 0 atom stereocenters. The summed E-state index contributed by atoms with van der Waals surface area (Å²) in [6, 6.07) is 8.09. The highest BCUT2D eigenvalue weighted by atomic mass is 79.9. The van der Waals surface area contributed by atoms with Crippen LogP contribution in [-0.4, -0.2) is 5.84 Å². The largest absolute Gasteiger partial charge is 0.456 e. The number of halogens is 3. The Hall–Kier alpha value is -1.95. The maximum Gasteiger partial charge on any atom is 0.162 e. The Bertz CT molecular complexity index is 647. The molecule has 0 saturated heterocycles. The number of ether oxygens (including phenoxy) is 1. The molecule has 0 aromatic heterocycles. The normalized spacial score (nSPS) is 10.3. The molecule has 0 radical (unpaired) electrons. The van der Waals surface area contributed by atoms with Gasteiger partial charge in [0.05, 0.1) is 5.56 Å². The number of nitrogens with two attached hydrogens (primary N) is 1. The molecular formula is C13H9BrF2N2O. The van der Waals surface area contributed by atoms with Crippen LogP contribution in [-0.2, 0) is 0 Å². The van der Waals surface area contributed by atoms with E-state index in [1.54, 1.807) is 18.2 Å². The lowest BCUT2D eigenvalue weighted by Crippen LogP contribution is -2.12. The van der Waals surface area contributed by atoms with E-state index in [0.717, 1.165) is 16.6 Å². The fourth-order valence-corrected chi connectivity index (χ4v) is 1.81. The number of benzene rings is 2. The first-order chi connectivity index (χ1) is 8.97. The van der Waals surface area contributed by atoms with Crippen molar-refractivity contribution in [2.45, 2.75) is 0 Å². The number of rotatable bonds is 3. The zero-order valence-electron chi connectivity index (χ0n) is 9.58. The van der Waals surface area contributed by atoms with E-state index in [0.29, 0.717) is 5.56 Å². The predicted octanol–water partition coefficient (Wildman–Crippen LogP) is 3.80. The van der Waals surface area contributed by atoms with Crippen LogP contribution in [0.5, 0.6) is 11.5 Å². The Kier molecular flexibility index (Phi) is 3.80. The number of amidine groups is 1. The van der Waals surface area contributed by atoms with Crippen molar-refractivity contribution in [1.29, 1.82) is 5.41 Å². The maximum absolute atomic E-state index is 13.1. The lowest BCUT2D eigenvalue weighted by Gasteiger charge is -2.11. The molecule has 2 aromatic carbocycles. The topological polar surface area (TPSA) is 59.1 Å². The predicted molar refractivity (Wildman–Crippen MR) is 71.6 cm³/mol. The fourth-order valence-electron chi connectivity index (χ4n) is 1.47. The summed E-state index contributed by atoms with van der Waals surface area (Å²) in [5.41, 5.74) is 5.79. The van der Waals surface area contributed by atoms with Crippen molar-refractivity contribution in [3.8, 4) is 11.5 Å². The first-order valence-electron chi connectivity index (χ1n) is 5.24. The Balaban J connectivity index is 2.39. The zero-order chi connectivity index (χ0) is 14.0. The van der Waals surface area contributed by atoms with Gasteiger partial charge in [-0.15, -0.1) is 0 Å². The zero-order valence-corrected chi connectivity index (χ0v) is 11.2. The summed E-state index contributed by atoms with van der Waals surface area (Å²) >= 11 is 3.26. The summed E-state index contributed by atoms with van der Waals surface area (Å²) in [5, 5.41) is 7.44. The van der Waals surface area contributed by atoms with Gasteiger partial charge in [-0.25, -0.2) is 8.78 Å². The third-order valence-electron chi connectivity index (χ3n) is 2.35. The SMILES string of the molecule is N=C(N)c1ccc(Br)cc1Oc1ccc(F)c(F)c1. The minimum absolute atomic E-state index is 0.125. The van der Waals surface area contributed by atoms with Crippen LogP contribution in [0.25, 0.3) is 0 Å². The Labute approximate surface area is 116 Å². The van der Waals surface area contributed by atoms with Crippen LogP contribution in [0.2, 0.25) is 0 Å². The average Bonchev–Trinajstić information content (AvgIpc) is 2.33. The summed E-state index contributed by atoms with van der Waals surface area (Å²) in [6.45, 7) is 0. The Morgan fingerprint density at radius 3 is 2.47 bits per heavy atom. The van der Waals surface area contributed by atoms with Crippen LogP contribution in [0, 0.1) is 17.0 Å². The van der Waals surface area contributed by atoms with Gasteiger partial charge in [-0.05, 0) is 30.3 Å². The highest BCUT2D eigenvalue weighted by Gasteiger charge is 2.10. The highest BCUT2D eigenvalue weighted by Crippen LogP contribution is 2.29. The van der Waals surface area contributed by atoms with Crippen LogP contribution in [0.15, 0.2) is 40.9 Å². The first-order valence-corrected chi connectivity index (χ1v) is 6.03. The molecule has 98 valence electrons. The lowest BCUT2D eigenvalue weighted by molar-refractivity contribution is 0.460. The van der Waals surface area contributed by atoms with Gasteiger partial charge in [0.15, 0.2) is 11.6 Å². The van der Waals surface area contributed by atoms with Gasteiger partial charge >= 0.3 is 0 Å². The fraction of sp³-hybridized carbons (Fsp3) is 0. The molecule has 0 heterocycles. The van der Waals surface area contributed by atoms with Crippen LogP contribution >= 0.6 is 15.9 Å². The van der Waals surface area contributed by atoms with Crippen molar-refractivity contribution in [2.24, 2.45) is 5.73 Å². The molecule has 0 aliphatic heterocycles. The molecule has 0 spiro atoms. The molecule has 0 saturated carbocycles. The Morgan fingerprint density at radius 1 is 1.11 bits per heavy atom. The molecule has 19 heavy (non-hydrogen) atoms. The molecule has 0 bridgehead atoms. The van der Waals surface area contributed by atoms with E-state index >= 15 is 0 Å². The van der Waals surface area contributed by atoms with Gasteiger partial charge in [-0.2, -0.15) is 0 Å². The van der Waals surface area contributed by atoms with E-state index < -0.39 is 11.6 Å². The van der Waals surface area contributed by atoms with E-state index in [2.05, 4.69) is 15.9 Å². The molecule has 0 fully saturated rings. The standard InChI is InChI=1S/C13H9BrF2N2O/c14-7-1-3-9(13(17)18)12(5-7)19-8-2-4-10(15)11(16)6-8/h1-6H,(H3,17,18). The number of hydrogen-bond acceptors (Lipinski definition) is 2. The van der Waals surface area contributed by atoms with Gasteiger partial charge in [0.1, 0.15) is 17.3 Å².